The van der Waals surface area contributed by atoms with Crippen molar-refractivity contribution in [3.8, 4) is 0 Å². The minimum Gasteiger partial charge on any atom is -0.379 e. The van der Waals surface area contributed by atoms with E-state index in [0.717, 1.165) is 18.0 Å². The highest BCUT2D eigenvalue weighted by molar-refractivity contribution is 8.13. The molecule has 5 heteroatoms. The summed E-state index contributed by atoms with van der Waals surface area (Å²) in [6.45, 7) is 0. The zero-order chi connectivity index (χ0) is 8.97. The molecule has 0 fully saturated rings. The van der Waals surface area contributed by atoms with Gasteiger partial charge >= 0.3 is 0 Å². The van der Waals surface area contributed by atoms with E-state index in [4.69, 9.17) is 11.1 Å². The second kappa shape index (κ2) is 4.15. The van der Waals surface area contributed by atoms with Gasteiger partial charge in [0.15, 0.2) is 5.17 Å². The molecule has 0 atom stereocenters. The summed E-state index contributed by atoms with van der Waals surface area (Å²) >= 11 is 1.35. The Morgan fingerprint density at radius 1 is 1.83 bits per heavy atom. The lowest BCUT2D eigenvalue weighted by Crippen LogP contribution is -2.07. The van der Waals surface area contributed by atoms with Crippen LogP contribution in [0.2, 0.25) is 0 Å². The molecule has 0 aromatic carbocycles. The predicted molar refractivity (Wildman–Crippen MR) is 51.3 cm³/mol. The van der Waals surface area contributed by atoms with Crippen LogP contribution in [0.3, 0.4) is 0 Å². The lowest BCUT2D eigenvalue weighted by Gasteiger charge is -1.99. The van der Waals surface area contributed by atoms with Gasteiger partial charge in [-0.2, -0.15) is 0 Å². The van der Waals surface area contributed by atoms with Gasteiger partial charge in [-0.05, 0) is 0 Å². The molecule has 1 heterocycles. The first kappa shape index (κ1) is 9.12. The molecule has 0 aliphatic carbocycles. The van der Waals surface area contributed by atoms with Gasteiger partial charge in [-0.1, -0.05) is 11.8 Å². The molecular weight excluding hydrogens is 172 g/mol. The second-order valence-electron chi connectivity index (χ2n) is 2.42. The molecule has 0 bridgehead atoms. The van der Waals surface area contributed by atoms with Crippen LogP contribution in [0.15, 0.2) is 12.4 Å². The number of hydrogen-bond acceptors (Lipinski definition) is 3. The fourth-order valence-electron chi connectivity index (χ4n) is 0.890. The van der Waals surface area contributed by atoms with Crippen LogP contribution in [-0.2, 0) is 13.5 Å². The van der Waals surface area contributed by atoms with E-state index in [1.165, 1.54) is 11.8 Å². The van der Waals surface area contributed by atoms with Crippen LogP contribution in [0.4, 0.5) is 0 Å². The van der Waals surface area contributed by atoms with E-state index in [2.05, 4.69) is 4.98 Å². The highest BCUT2D eigenvalue weighted by Crippen LogP contribution is 2.03. The maximum absolute atomic E-state index is 6.99. The van der Waals surface area contributed by atoms with Crippen molar-refractivity contribution < 1.29 is 0 Å². The molecule has 0 aliphatic rings. The van der Waals surface area contributed by atoms with Crippen molar-refractivity contribution in [1.29, 1.82) is 5.41 Å². The third-order valence-electron chi connectivity index (χ3n) is 1.50. The molecule has 0 unspecified atom stereocenters. The van der Waals surface area contributed by atoms with Gasteiger partial charge in [0, 0.05) is 31.6 Å². The standard InChI is InChI=1S/C7H12N4S/c1-11-4-3-10-6(11)2-5-12-7(8)9/h3-4H,2,5H2,1H3,(H3,8,9). The van der Waals surface area contributed by atoms with Crippen LogP contribution < -0.4 is 5.73 Å². The number of hydrogen-bond donors (Lipinski definition) is 2. The molecule has 12 heavy (non-hydrogen) atoms. The number of aryl methyl sites for hydroxylation is 2. The van der Waals surface area contributed by atoms with E-state index in [0.29, 0.717) is 0 Å². The van der Waals surface area contributed by atoms with Crippen molar-refractivity contribution in [1.82, 2.24) is 9.55 Å². The maximum Gasteiger partial charge on any atom is 0.151 e. The van der Waals surface area contributed by atoms with Crippen LogP contribution in [0.5, 0.6) is 0 Å². The minimum atomic E-state index is 0.171. The molecular formula is C7H12N4S. The van der Waals surface area contributed by atoms with E-state index < -0.39 is 0 Å². The van der Waals surface area contributed by atoms with Crippen molar-refractivity contribution in [3.63, 3.8) is 0 Å². The summed E-state index contributed by atoms with van der Waals surface area (Å²) in [7, 11) is 1.96. The van der Waals surface area contributed by atoms with Crippen LogP contribution in [-0.4, -0.2) is 20.5 Å². The van der Waals surface area contributed by atoms with Crippen molar-refractivity contribution in [2.24, 2.45) is 12.8 Å². The maximum atomic E-state index is 6.99. The van der Waals surface area contributed by atoms with Gasteiger partial charge in [0.25, 0.3) is 0 Å². The molecule has 3 N–H and O–H groups in total. The van der Waals surface area contributed by atoms with Crippen molar-refractivity contribution >= 4 is 16.9 Å². The SMILES string of the molecule is Cn1ccnc1CCSC(=N)N. The number of thioether (sulfide) groups is 1. The summed E-state index contributed by atoms with van der Waals surface area (Å²) in [4.78, 5) is 4.15. The third kappa shape index (κ3) is 2.58. The molecule has 66 valence electrons. The highest BCUT2D eigenvalue weighted by Gasteiger charge is 1.98. The second-order valence-corrected chi connectivity index (χ2v) is 3.55. The van der Waals surface area contributed by atoms with Crippen LogP contribution >= 0.6 is 11.8 Å². The Morgan fingerprint density at radius 2 is 2.58 bits per heavy atom. The van der Waals surface area contributed by atoms with Gasteiger partial charge in [-0.15, -0.1) is 0 Å². The van der Waals surface area contributed by atoms with E-state index >= 15 is 0 Å². The van der Waals surface area contributed by atoms with Crippen LogP contribution in [0, 0.1) is 5.41 Å². The molecule has 0 aliphatic heterocycles. The van der Waals surface area contributed by atoms with E-state index in [1.807, 2.05) is 17.8 Å². The molecule has 0 saturated heterocycles. The normalized spacial score (nSPS) is 10.1. The minimum absolute atomic E-state index is 0.171. The lowest BCUT2D eigenvalue weighted by molar-refractivity contribution is 0.812. The molecule has 0 spiro atoms. The fourth-order valence-corrected chi connectivity index (χ4v) is 1.39. The highest BCUT2D eigenvalue weighted by atomic mass is 32.2. The monoisotopic (exact) mass is 184 g/mol. The lowest BCUT2D eigenvalue weighted by atomic mass is 10.4. The smallest absolute Gasteiger partial charge is 0.151 e. The molecule has 1 aromatic heterocycles. The Hall–Kier alpha value is -0.970. The molecule has 0 saturated carbocycles. The number of imidazole rings is 1. The first-order valence-electron chi connectivity index (χ1n) is 3.63. The predicted octanol–water partition coefficient (Wildman–Crippen LogP) is 0.589. The first-order valence-corrected chi connectivity index (χ1v) is 4.61. The van der Waals surface area contributed by atoms with Gasteiger partial charge in [0.2, 0.25) is 0 Å². The van der Waals surface area contributed by atoms with Gasteiger partial charge in [-0.3, -0.25) is 5.41 Å². The summed E-state index contributed by atoms with van der Waals surface area (Å²) in [6.07, 6.45) is 4.54. The summed E-state index contributed by atoms with van der Waals surface area (Å²) in [6, 6.07) is 0. The van der Waals surface area contributed by atoms with Crippen molar-refractivity contribution in [2.45, 2.75) is 6.42 Å². The Morgan fingerprint density at radius 3 is 3.08 bits per heavy atom. The van der Waals surface area contributed by atoms with E-state index in [-0.39, 0.29) is 5.17 Å². The summed E-state index contributed by atoms with van der Waals surface area (Å²) < 4.78 is 1.97. The Labute approximate surface area is 75.7 Å². The van der Waals surface area contributed by atoms with Crippen molar-refractivity contribution in [3.05, 3.63) is 18.2 Å². The number of nitrogens with zero attached hydrogens (tertiary/aromatic N) is 2. The number of nitrogens with two attached hydrogens (primary N) is 1. The van der Waals surface area contributed by atoms with Gasteiger partial charge in [0.05, 0.1) is 0 Å². The van der Waals surface area contributed by atoms with Crippen LogP contribution in [0.1, 0.15) is 5.82 Å². The summed E-state index contributed by atoms with van der Waals surface area (Å²) in [5, 5.41) is 7.16. The number of amidine groups is 1. The zero-order valence-corrected chi connectivity index (χ0v) is 7.77. The Kier molecular flexibility index (Phi) is 3.16. The molecule has 1 rings (SSSR count). The molecule has 1 aromatic rings. The van der Waals surface area contributed by atoms with Gasteiger partial charge in [-0.25, -0.2) is 4.98 Å². The third-order valence-corrected chi connectivity index (χ3v) is 2.22. The van der Waals surface area contributed by atoms with Gasteiger partial charge < -0.3 is 10.3 Å². The quantitative estimate of drug-likeness (QED) is 0.533. The molecule has 0 radical (unpaired) electrons. The Balaban J connectivity index is 2.33. The van der Waals surface area contributed by atoms with Crippen molar-refractivity contribution in [2.75, 3.05) is 5.75 Å². The average molecular weight is 184 g/mol. The number of nitrogens with one attached hydrogen (secondary N) is 1. The number of rotatable bonds is 3. The topological polar surface area (TPSA) is 67.7 Å². The van der Waals surface area contributed by atoms with Gasteiger partial charge in [0.1, 0.15) is 5.82 Å². The van der Waals surface area contributed by atoms with E-state index in [9.17, 15) is 0 Å². The summed E-state index contributed by atoms with van der Waals surface area (Å²) in [5.41, 5.74) is 5.19. The zero-order valence-electron chi connectivity index (χ0n) is 6.95. The summed E-state index contributed by atoms with van der Waals surface area (Å²) in [5.74, 6) is 1.85. The van der Waals surface area contributed by atoms with E-state index in [1.54, 1.807) is 6.20 Å². The van der Waals surface area contributed by atoms with Crippen LogP contribution in [0.25, 0.3) is 0 Å². The molecule has 0 amide bonds. The number of aromatic nitrogens is 2. The first-order chi connectivity index (χ1) is 5.70. The average Bonchev–Trinajstić information content (AvgIpc) is 2.36. The Bertz CT molecular complexity index is 268. The fraction of sp³-hybridized carbons (Fsp3) is 0.429. The largest absolute Gasteiger partial charge is 0.379 e. The molecule has 4 nitrogen and oxygen atoms in total.